The number of carbonyl (C=O) groups excluding carboxylic acids is 2. The Morgan fingerprint density at radius 3 is 2.46 bits per heavy atom. The third-order valence-corrected chi connectivity index (χ3v) is 4.70. The van der Waals surface area contributed by atoms with Crippen LogP contribution in [0.2, 0.25) is 0 Å². The number of para-hydroxylation sites is 2. The molecule has 0 aliphatic carbocycles. The molecule has 1 atom stereocenters. The maximum Gasteiger partial charge on any atom is 0.241 e. The number of nitrogens with zero attached hydrogens (tertiary/aromatic N) is 2. The smallest absolute Gasteiger partial charge is 0.241 e. The van der Waals surface area contributed by atoms with Gasteiger partial charge in [0.1, 0.15) is 0 Å². The second-order valence-corrected chi connectivity index (χ2v) is 6.05. The van der Waals surface area contributed by atoms with Gasteiger partial charge in [-0.05, 0) is 30.7 Å². The van der Waals surface area contributed by atoms with Crippen molar-refractivity contribution >= 4 is 28.4 Å². The lowest BCUT2D eigenvalue weighted by Crippen LogP contribution is -2.29. The highest BCUT2D eigenvalue weighted by atomic mass is 16.2. The quantitative estimate of drug-likeness (QED) is 0.691. The van der Waals surface area contributed by atoms with Gasteiger partial charge >= 0.3 is 0 Å². The van der Waals surface area contributed by atoms with E-state index >= 15 is 0 Å². The third kappa shape index (κ3) is 2.14. The number of rotatable bonds is 3. The summed E-state index contributed by atoms with van der Waals surface area (Å²) in [6, 6.07) is 17.2. The van der Waals surface area contributed by atoms with E-state index < -0.39 is 5.92 Å². The van der Waals surface area contributed by atoms with Gasteiger partial charge in [0.25, 0.3) is 0 Å². The fraction of sp³-hybridized carbons (Fsp3) is 0.200. The second-order valence-electron chi connectivity index (χ2n) is 6.05. The van der Waals surface area contributed by atoms with E-state index in [-0.39, 0.29) is 18.2 Å². The topological polar surface area (TPSA) is 42.3 Å². The summed E-state index contributed by atoms with van der Waals surface area (Å²) in [7, 11) is 0. The number of carbonyl (C=O) groups is 2. The molecule has 24 heavy (non-hydrogen) atoms. The normalized spacial score (nSPS) is 17.9. The van der Waals surface area contributed by atoms with Crippen LogP contribution in [0.5, 0.6) is 0 Å². The first-order chi connectivity index (χ1) is 11.7. The number of aryl methyl sites for hydroxylation is 1. The molecule has 120 valence electrons. The van der Waals surface area contributed by atoms with E-state index in [1.807, 2.05) is 42.6 Å². The van der Waals surface area contributed by atoms with E-state index in [2.05, 4.69) is 17.6 Å². The molecule has 4 nitrogen and oxygen atoms in total. The average Bonchev–Trinajstić information content (AvgIpc) is 3.13. The number of anilines is 1. The predicted molar refractivity (Wildman–Crippen MR) is 93.9 cm³/mol. The molecule has 1 saturated heterocycles. The first kappa shape index (κ1) is 14.7. The Kier molecular flexibility index (Phi) is 3.45. The van der Waals surface area contributed by atoms with Crippen LogP contribution in [0, 0.1) is 0 Å². The van der Waals surface area contributed by atoms with Gasteiger partial charge in [0.15, 0.2) is 0 Å². The van der Waals surface area contributed by atoms with E-state index in [1.165, 1.54) is 4.90 Å². The number of amides is 2. The maximum atomic E-state index is 13.0. The van der Waals surface area contributed by atoms with Crippen LogP contribution in [-0.4, -0.2) is 16.4 Å². The minimum atomic E-state index is -0.407. The Bertz CT molecular complexity index is 927. The van der Waals surface area contributed by atoms with Gasteiger partial charge in [-0.25, -0.2) is 0 Å². The van der Waals surface area contributed by atoms with Crippen molar-refractivity contribution in [2.24, 2.45) is 0 Å². The van der Waals surface area contributed by atoms with Crippen LogP contribution in [0.15, 0.2) is 60.8 Å². The van der Waals surface area contributed by atoms with Gasteiger partial charge in [-0.2, -0.15) is 0 Å². The standard InChI is InChI=1S/C20H18N2O2/c1-2-21-13-17(15-10-6-7-11-18(15)21)16-12-19(23)22(20(16)24)14-8-4-3-5-9-14/h3-11,13,16H,2,12H2,1H3. The number of hydrogen-bond donors (Lipinski definition) is 0. The summed E-state index contributed by atoms with van der Waals surface area (Å²) in [5.74, 6) is -0.676. The number of aromatic nitrogens is 1. The van der Waals surface area contributed by atoms with Crippen LogP contribution in [0.3, 0.4) is 0 Å². The molecule has 0 N–H and O–H groups in total. The molecule has 4 rings (SSSR count). The fourth-order valence-electron chi connectivity index (χ4n) is 3.54. The Labute approximate surface area is 140 Å². The summed E-state index contributed by atoms with van der Waals surface area (Å²) in [6.45, 7) is 2.91. The zero-order valence-corrected chi connectivity index (χ0v) is 13.5. The summed E-state index contributed by atoms with van der Waals surface area (Å²) >= 11 is 0. The summed E-state index contributed by atoms with van der Waals surface area (Å²) in [6.07, 6.45) is 2.25. The van der Waals surface area contributed by atoms with Crippen molar-refractivity contribution < 1.29 is 9.59 Å². The monoisotopic (exact) mass is 318 g/mol. The molecule has 1 unspecified atom stereocenters. The van der Waals surface area contributed by atoms with Gasteiger partial charge in [0.05, 0.1) is 11.6 Å². The molecule has 0 spiro atoms. The molecule has 2 aromatic carbocycles. The lowest BCUT2D eigenvalue weighted by Gasteiger charge is -2.14. The highest BCUT2D eigenvalue weighted by Crippen LogP contribution is 2.37. The maximum absolute atomic E-state index is 13.0. The lowest BCUT2D eigenvalue weighted by molar-refractivity contribution is -0.121. The Hall–Kier alpha value is -2.88. The summed E-state index contributed by atoms with van der Waals surface area (Å²) < 4.78 is 2.13. The van der Waals surface area contributed by atoms with Gasteiger partial charge < -0.3 is 4.57 Å². The summed E-state index contributed by atoms with van der Waals surface area (Å²) in [4.78, 5) is 26.8. The molecule has 0 saturated carbocycles. The SMILES string of the molecule is CCn1cc(C2CC(=O)N(c3ccccc3)C2=O)c2ccccc21. The average molecular weight is 318 g/mol. The summed E-state index contributed by atoms with van der Waals surface area (Å²) in [5, 5.41) is 1.06. The van der Waals surface area contributed by atoms with Gasteiger partial charge in [-0.3, -0.25) is 14.5 Å². The molecule has 2 amide bonds. The van der Waals surface area contributed by atoms with Crippen molar-refractivity contribution in [2.75, 3.05) is 4.90 Å². The predicted octanol–water partition coefficient (Wildman–Crippen LogP) is 3.71. The number of imide groups is 1. The fourth-order valence-corrected chi connectivity index (χ4v) is 3.54. The Morgan fingerprint density at radius 2 is 1.71 bits per heavy atom. The molecule has 1 aromatic heterocycles. The Morgan fingerprint density at radius 1 is 1.00 bits per heavy atom. The molecular weight excluding hydrogens is 300 g/mol. The van der Waals surface area contributed by atoms with E-state index in [1.54, 1.807) is 12.1 Å². The minimum Gasteiger partial charge on any atom is -0.347 e. The van der Waals surface area contributed by atoms with Crippen LogP contribution in [0.4, 0.5) is 5.69 Å². The summed E-state index contributed by atoms with van der Waals surface area (Å²) in [5.41, 5.74) is 2.70. The first-order valence-corrected chi connectivity index (χ1v) is 8.20. The number of fused-ring (bicyclic) bond motifs is 1. The molecular formula is C20H18N2O2. The van der Waals surface area contributed by atoms with Crippen molar-refractivity contribution in [3.63, 3.8) is 0 Å². The van der Waals surface area contributed by atoms with Gasteiger partial charge in [0.2, 0.25) is 11.8 Å². The Balaban J connectivity index is 1.79. The van der Waals surface area contributed by atoms with Gasteiger partial charge in [-0.1, -0.05) is 36.4 Å². The third-order valence-electron chi connectivity index (χ3n) is 4.70. The first-order valence-electron chi connectivity index (χ1n) is 8.20. The van der Waals surface area contributed by atoms with Crippen molar-refractivity contribution in [3.05, 3.63) is 66.4 Å². The minimum absolute atomic E-state index is 0.134. The molecule has 3 aromatic rings. The highest BCUT2D eigenvalue weighted by molar-refractivity contribution is 6.23. The molecule has 2 heterocycles. The van der Waals surface area contributed by atoms with Gasteiger partial charge in [0, 0.05) is 30.1 Å². The number of benzene rings is 2. The van der Waals surface area contributed by atoms with E-state index in [4.69, 9.17) is 0 Å². The molecule has 0 bridgehead atoms. The number of hydrogen-bond acceptors (Lipinski definition) is 2. The van der Waals surface area contributed by atoms with E-state index in [0.717, 1.165) is 23.0 Å². The zero-order valence-electron chi connectivity index (χ0n) is 13.5. The van der Waals surface area contributed by atoms with E-state index in [0.29, 0.717) is 5.69 Å². The molecule has 0 radical (unpaired) electrons. The molecule has 1 aliphatic rings. The van der Waals surface area contributed by atoms with Crippen LogP contribution >= 0.6 is 0 Å². The largest absolute Gasteiger partial charge is 0.347 e. The zero-order chi connectivity index (χ0) is 16.7. The van der Waals surface area contributed by atoms with Crippen LogP contribution < -0.4 is 4.90 Å². The van der Waals surface area contributed by atoms with Crippen LogP contribution in [0.1, 0.15) is 24.8 Å². The van der Waals surface area contributed by atoms with Crippen molar-refractivity contribution in [2.45, 2.75) is 25.8 Å². The molecule has 1 aliphatic heterocycles. The van der Waals surface area contributed by atoms with Crippen LogP contribution in [0.25, 0.3) is 10.9 Å². The lowest BCUT2D eigenvalue weighted by atomic mass is 9.97. The van der Waals surface area contributed by atoms with E-state index in [9.17, 15) is 9.59 Å². The van der Waals surface area contributed by atoms with Gasteiger partial charge in [-0.15, -0.1) is 0 Å². The van der Waals surface area contributed by atoms with Crippen molar-refractivity contribution in [1.82, 2.24) is 4.57 Å². The van der Waals surface area contributed by atoms with Crippen molar-refractivity contribution in [1.29, 1.82) is 0 Å². The van der Waals surface area contributed by atoms with Crippen molar-refractivity contribution in [3.8, 4) is 0 Å². The highest BCUT2D eigenvalue weighted by Gasteiger charge is 2.41. The van der Waals surface area contributed by atoms with Crippen LogP contribution in [-0.2, 0) is 16.1 Å². The molecule has 4 heteroatoms. The second kappa shape index (κ2) is 5.64. The molecule has 1 fully saturated rings.